The molecule has 1 aromatic carbocycles. The molecule has 130 valence electrons. The molecule has 0 aliphatic carbocycles. The summed E-state index contributed by atoms with van der Waals surface area (Å²) in [6.45, 7) is 4.22. The van der Waals surface area contributed by atoms with Crippen LogP contribution in [0.4, 0.5) is 11.5 Å². The quantitative estimate of drug-likeness (QED) is 0.930. The topological polar surface area (TPSA) is 71.5 Å². The van der Waals surface area contributed by atoms with Crippen molar-refractivity contribution >= 4 is 23.3 Å². The summed E-state index contributed by atoms with van der Waals surface area (Å²) >= 11 is 0. The number of pyridine rings is 1. The van der Waals surface area contributed by atoms with Crippen LogP contribution in [0.5, 0.6) is 5.75 Å². The molecule has 1 saturated heterocycles. The third kappa shape index (κ3) is 3.63. The molecule has 0 radical (unpaired) electrons. The Labute approximate surface area is 146 Å². The lowest BCUT2D eigenvalue weighted by Crippen LogP contribution is -2.28. The number of ether oxygens (including phenoxy) is 1. The van der Waals surface area contributed by atoms with Crippen LogP contribution in [0.3, 0.4) is 0 Å². The number of hydrogen-bond donors (Lipinski definition) is 1. The van der Waals surface area contributed by atoms with E-state index in [4.69, 9.17) is 4.74 Å². The predicted octanol–water partition coefficient (Wildman–Crippen LogP) is 2.70. The molecular weight excluding hydrogens is 318 g/mol. The number of nitrogens with zero attached hydrogens (tertiary/aromatic N) is 2. The van der Waals surface area contributed by atoms with Crippen LogP contribution in [0.2, 0.25) is 0 Å². The smallest absolute Gasteiger partial charge is 0.230 e. The van der Waals surface area contributed by atoms with Gasteiger partial charge in [-0.15, -0.1) is 0 Å². The standard InChI is InChI=1S/C19H21N3O3/c1-12-4-6-16(25-3)15(8-12)22-11-14(9-18(22)23)19(24)21-17-7-5-13(2)10-20-17/h4-8,10,14H,9,11H2,1-3H3,(H,20,21,24). The fourth-order valence-corrected chi connectivity index (χ4v) is 2.90. The van der Waals surface area contributed by atoms with Gasteiger partial charge in [-0.05, 0) is 43.2 Å². The molecule has 1 N–H and O–H groups in total. The average molecular weight is 339 g/mol. The molecule has 0 bridgehead atoms. The van der Waals surface area contributed by atoms with Crippen LogP contribution in [0, 0.1) is 19.8 Å². The van der Waals surface area contributed by atoms with Crippen LogP contribution in [0.25, 0.3) is 0 Å². The summed E-state index contributed by atoms with van der Waals surface area (Å²) in [4.78, 5) is 30.7. The number of aryl methyl sites for hydroxylation is 2. The van der Waals surface area contributed by atoms with E-state index in [0.29, 0.717) is 23.8 Å². The number of hydrogen-bond acceptors (Lipinski definition) is 4. The number of benzene rings is 1. The first-order chi connectivity index (χ1) is 12.0. The molecule has 1 fully saturated rings. The highest BCUT2D eigenvalue weighted by atomic mass is 16.5. The Morgan fingerprint density at radius 1 is 1.24 bits per heavy atom. The number of carbonyl (C=O) groups excluding carboxylic acids is 2. The lowest BCUT2D eigenvalue weighted by Gasteiger charge is -2.20. The number of carbonyl (C=O) groups is 2. The van der Waals surface area contributed by atoms with E-state index in [1.807, 2.05) is 38.1 Å². The van der Waals surface area contributed by atoms with Gasteiger partial charge in [-0.1, -0.05) is 12.1 Å². The van der Waals surface area contributed by atoms with Gasteiger partial charge in [0.25, 0.3) is 0 Å². The summed E-state index contributed by atoms with van der Waals surface area (Å²) in [5, 5.41) is 2.78. The van der Waals surface area contributed by atoms with Crippen LogP contribution >= 0.6 is 0 Å². The van der Waals surface area contributed by atoms with Crippen LogP contribution < -0.4 is 15.0 Å². The van der Waals surface area contributed by atoms with Crippen LogP contribution in [0.15, 0.2) is 36.5 Å². The highest BCUT2D eigenvalue weighted by Crippen LogP contribution is 2.34. The molecule has 0 saturated carbocycles. The molecule has 3 rings (SSSR count). The Hall–Kier alpha value is -2.89. The van der Waals surface area contributed by atoms with E-state index in [9.17, 15) is 9.59 Å². The number of anilines is 2. The maximum absolute atomic E-state index is 12.5. The fourth-order valence-electron chi connectivity index (χ4n) is 2.90. The zero-order valence-electron chi connectivity index (χ0n) is 14.6. The largest absolute Gasteiger partial charge is 0.495 e. The average Bonchev–Trinajstić information content (AvgIpc) is 2.98. The molecule has 6 nitrogen and oxygen atoms in total. The van der Waals surface area contributed by atoms with E-state index in [1.165, 1.54) is 0 Å². The van der Waals surface area contributed by atoms with Crippen molar-refractivity contribution < 1.29 is 14.3 Å². The van der Waals surface area contributed by atoms with Gasteiger partial charge in [0.15, 0.2) is 0 Å². The van der Waals surface area contributed by atoms with Crippen molar-refractivity contribution in [1.82, 2.24) is 4.98 Å². The molecular formula is C19H21N3O3. The third-order valence-electron chi connectivity index (χ3n) is 4.28. The van der Waals surface area contributed by atoms with Crippen LogP contribution in [0.1, 0.15) is 17.5 Å². The maximum atomic E-state index is 12.5. The summed E-state index contributed by atoms with van der Waals surface area (Å²) < 4.78 is 5.36. The Balaban J connectivity index is 1.75. The summed E-state index contributed by atoms with van der Waals surface area (Å²) in [6, 6.07) is 9.30. The minimum Gasteiger partial charge on any atom is -0.495 e. The summed E-state index contributed by atoms with van der Waals surface area (Å²) in [7, 11) is 1.57. The third-order valence-corrected chi connectivity index (χ3v) is 4.28. The van der Waals surface area contributed by atoms with Crippen molar-refractivity contribution in [2.75, 3.05) is 23.9 Å². The number of rotatable bonds is 4. The normalized spacial score (nSPS) is 16.8. The van der Waals surface area contributed by atoms with E-state index in [1.54, 1.807) is 24.3 Å². The van der Waals surface area contributed by atoms with Crippen molar-refractivity contribution in [1.29, 1.82) is 0 Å². The summed E-state index contributed by atoms with van der Waals surface area (Å²) in [5.74, 6) is 0.426. The second-order valence-electron chi connectivity index (χ2n) is 6.29. The van der Waals surface area contributed by atoms with E-state index < -0.39 is 5.92 Å². The Morgan fingerprint density at radius 2 is 2.00 bits per heavy atom. The first-order valence-electron chi connectivity index (χ1n) is 8.16. The van der Waals surface area contributed by atoms with Gasteiger partial charge in [-0.2, -0.15) is 0 Å². The van der Waals surface area contributed by atoms with E-state index >= 15 is 0 Å². The van der Waals surface area contributed by atoms with Crippen molar-refractivity contribution in [3.05, 3.63) is 47.7 Å². The van der Waals surface area contributed by atoms with E-state index in [0.717, 1.165) is 11.1 Å². The highest BCUT2D eigenvalue weighted by molar-refractivity contribution is 6.04. The van der Waals surface area contributed by atoms with Gasteiger partial charge in [0.05, 0.1) is 18.7 Å². The minimum atomic E-state index is -0.416. The SMILES string of the molecule is COc1ccc(C)cc1N1CC(C(=O)Nc2ccc(C)cn2)CC1=O. The molecule has 1 aliphatic heterocycles. The van der Waals surface area contributed by atoms with Crippen molar-refractivity contribution in [3.63, 3.8) is 0 Å². The van der Waals surface area contributed by atoms with Gasteiger partial charge in [-0.3, -0.25) is 9.59 Å². The summed E-state index contributed by atoms with van der Waals surface area (Å²) in [5.41, 5.74) is 2.75. The summed E-state index contributed by atoms with van der Waals surface area (Å²) in [6.07, 6.45) is 1.87. The Morgan fingerprint density at radius 3 is 2.68 bits per heavy atom. The second-order valence-corrected chi connectivity index (χ2v) is 6.29. The van der Waals surface area contributed by atoms with Gasteiger partial charge in [0.2, 0.25) is 11.8 Å². The lowest BCUT2D eigenvalue weighted by atomic mass is 10.1. The van der Waals surface area contributed by atoms with E-state index in [-0.39, 0.29) is 18.2 Å². The van der Waals surface area contributed by atoms with Crippen LogP contribution in [-0.2, 0) is 9.59 Å². The monoisotopic (exact) mass is 339 g/mol. The maximum Gasteiger partial charge on any atom is 0.230 e. The molecule has 25 heavy (non-hydrogen) atoms. The lowest BCUT2D eigenvalue weighted by molar-refractivity contribution is -0.122. The number of amides is 2. The number of nitrogens with one attached hydrogen (secondary N) is 1. The molecule has 1 aromatic heterocycles. The number of methoxy groups -OCH3 is 1. The van der Waals surface area contributed by atoms with Gasteiger partial charge in [0, 0.05) is 19.2 Å². The van der Waals surface area contributed by atoms with Crippen molar-refractivity contribution in [3.8, 4) is 5.75 Å². The molecule has 1 unspecified atom stereocenters. The highest BCUT2D eigenvalue weighted by Gasteiger charge is 2.36. The molecule has 6 heteroatoms. The zero-order valence-corrected chi connectivity index (χ0v) is 14.6. The number of aromatic nitrogens is 1. The minimum absolute atomic E-state index is 0.0825. The molecule has 2 aromatic rings. The molecule has 2 amide bonds. The predicted molar refractivity (Wildman–Crippen MR) is 95.8 cm³/mol. The van der Waals surface area contributed by atoms with Gasteiger partial charge in [0.1, 0.15) is 11.6 Å². The Bertz CT molecular complexity index is 802. The fraction of sp³-hybridized carbons (Fsp3) is 0.316. The van der Waals surface area contributed by atoms with Gasteiger partial charge in [-0.25, -0.2) is 4.98 Å². The molecule has 2 heterocycles. The first kappa shape index (κ1) is 17.0. The second kappa shape index (κ2) is 6.93. The van der Waals surface area contributed by atoms with Gasteiger partial charge >= 0.3 is 0 Å². The Kier molecular flexibility index (Phi) is 4.70. The van der Waals surface area contributed by atoms with Crippen LogP contribution in [-0.4, -0.2) is 30.5 Å². The first-order valence-corrected chi connectivity index (χ1v) is 8.16. The molecule has 0 spiro atoms. The molecule has 1 atom stereocenters. The van der Waals surface area contributed by atoms with Gasteiger partial charge < -0.3 is 15.0 Å². The zero-order chi connectivity index (χ0) is 18.0. The molecule has 1 aliphatic rings. The van der Waals surface area contributed by atoms with Crippen molar-refractivity contribution in [2.24, 2.45) is 5.92 Å². The van der Waals surface area contributed by atoms with Crippen molar-refractivity contribution in [2.45, 2.75) is 20.3 Å². The van der Waals surface area contributed by atoms with E-state index in [2.05, 4.69) is 10.3 Å².